The predicted octanol–water partition coefficient (Wildman–Crippen LogP) is 3.47. The van der Waals surface area contributed by atoms with Crippen molar-refractivity contribution < 1.29 is 28.0 Å². The van der Waals surface area contributed by atoms with Crippen LogP contribution >= 0.6 is 0 Å². The van der Waals surface area contributed by atoms with E-state index < -0.39 is 0 Å². The number of likely N-dealkylation sites (tertiary alicyclic amines) is 1. The van der Waals surface area contributed by atoms with Crippen LogP contribution in [0.1, 0.15) is 23.2 Å². The van der Waals surface area contributed by atoms with Crippen molar-refractivity contribution in [2.45, 2.75) is 25.8 Å². The molecule has 3 heterocycles. The Balaban J connectivity index is 1.22. The normalized spacial score (nSPS) is 17.3. The van der Waals surface area contributed by atoms with Gasteiger partial charge in [0, 0.05) is 43.6 Å². The van der Waals surface area contributed by atoms with Crippen LogP contribution in [-0.4, -0.2) is 60.6 Å². The van der Waals surface area contributed by atoms with E-state index in [1.165, 1.54) is 12.1 Å². The largest absolute Gasteiger partial charge is 0.493 e. The van der Waals surface area contributed by atoms with Crippen LogP contribution in [0.25, 0.3) is 11.3 Å². The first kappa shape index (κ1) is 23.8. The van der Waals surface area contributed by atoms with Gasteiger partial charge in [0.05, 0.1) is 32.4 Å². The van der Waals surface area contributed by atoms with E-state index in [9.17, 15) is 14.0 Å². The molecule has 1 aromatic heterocycles. The van der Waals surface area contributed by atoms with Gasteiger partial charge in [0.2, 0.25) is 11.8 Å². The smallest absolute Gasteiger partial charge is 0.228 e. The lowest BCUT2D eigenvalue weighted by atomic mass is 9.99. The van der Waals surface area contributed by atoms with Gasteiger partial charge >= 0.3 is 0 Å². The molecular weight excluding hydrogens is 465 g/mol. The Morgan fingerprint density at radius 1 is 1.14 bits per heavy atom. The van der Waals surface area contributed by atoms with Crippen molar-refractivity contribution in [1.29, 1.82) is 0 Å². The van der Waals surface area contributed by atoms with Crippen LogP contribution in [0.2, 0.25) is 0 Å². The maximum atomic E-state index is 13.4. The molecule has 2 amide bonds. The first-order chi connectivity index (χ1) is 17.5. The van der Waals surface area contributed by atoms with Gasteiger partial charge in [-0.1, -0.05) is 11.2 Å². The van der Waals surface area contributed by atoms with Gasteiger partial charge in [-0.25, -0.2) is 4.39 Å². The van der Waals surface area contributed by atoms with Crippen LogP contribution in [-0.2, 0) is 29.0 Å². The zero-order valence-corrected chi connectivity index (χ0v) is 20.3. The van der Waals surface area contributed by atoms with Crippen molar-refractivity contribution in [2.75, 3.05) is 33.9 Å². The molecule has 9 heteroatoms. The second-order valence-corrected chi connectivity index (χ2v) is 9.13. The monoisotopic (exact) mass is 493 g/mol. The number of nitrogens with zero attached hydrogens (tertiary/aromatic N) is 3. The Bertz CT molecular complexity index is 1270. The minimum Gasteiger partial charge on any atom is -0.493 e. The van der Waals surface area contributed by atoms with Crippen LogP contribution in [0.3, 0.4) is 0 Å². The molecule has 8 nitrogen and oxygen atoms in total. The van der Waals surface area contributed by atoms with Gasteiger partial charge in [0.15, 0.2) is 17.3 Å². The summed E-state index contributed by atoms with van der Waals surface area (Å²) in [6, 6.07) is 11.7. The van der Waals surface area contributed by atoms with Crippen molar-refractivity contribution in [3.63, 3.8) is 0 Å². The Morgan fingerprint density at radius 3 is 2.67 bits per heavy atom. The number of ether oxygens (including phenoxy) is 2. The van der Waals surface area contributed by atoms with E-state index >= 15 is 0 Å². The molecule has 1 saturated heterocycles. The average molecular weight is 494 g/mol. The zero-order chi connectivity index (χ0) is 25.2. The van der Waals surface area contributed by atoms with Crippen LogP contribution in [0, 0.1) is 11.7 Å². The van der Waals surface area contributed by atoms with Crippen molar-refractivity contribution in [2.24, 2.45) is 5.92 Å². The quantitative estimate of drug-likeness (QED) is 0.501. The summed E-state index contributed by atoms with van der Waals surface area (Å²) in [6.07, 6.45) is 1.44. The van der Waals surface area contributed by atoms with Gasteiger partial charge in [-0.15, -0.1) is 0 Å². The summed E-state index contributed by atoms with van der Waals surface area (Å²) < 4.78 is 29.5. The number of halogens is 1. The fraction of sp³-hybridized carbons (Fsp3) is 0.370. The lowest BCUT2D eigenvalue weighted by molar-refractivity contribution is -0.136. The highest BCUT2D eigenvalue weighted by Crippen LogP contribution is 2.32. The topological polar surface area (TPSA) is 85.1 Å². The lowest BCUT2D eigenvalue weighted by Gasteiger charge is -2.28. The predicted molar refractivity (Wildman–Crippen MR) is 129 cm³/mol. The molecule has 5 rings (SSSR count). The molecule has 1 fully saturated rings. The Hall–Kier alpha value is -3.88. The van der Waals surface area contributed by atoms with Crippen molar-refractivity contribution in [1.82, 2.24) is 15.0 Å². The summed E-state index contributed by atoms with van der Waals surface area (Å²) in [6.45, 7) is 1.82. The number of fused-ring (bicyclic) bond motifs is 1. The van der Waals surface area contributed by atoms with Crippen LogP contribution in [0.15, 0.2) is 47.0 Å². The highest BCUT2D eigenvalue weighted by Gasteiger charge is 2.38. The Morgan fingerprint density at radius 2 is 1.92 bits per heavy atom. The summed E-state index contributed by atoms with van der Waals surface area (Å²) >= 11 is 0. The number of rotatable bonds is 7. The molecule has 1 atom stereocenters. The Kier molecular flexibility index (Phi) is 6.63. The molecule has 0 bridgehead atoms. The lowest BCUT2D eigenvalue weighted by Crippen LogP contribution is -2.40. The molecule has 2 aliphatic heterocycles. The van der Waals surface area contributed by atoms with E-state index in [0.717, 1.165) is 22.4 Å². The third-order valence-electron chi connectivity index (χ3n) is 6.94. The van der Waals surface area contributed by atoms with Gasteiger partial charge in [0.1, 0.15) is 5.82 Å². The fourth-order valence-electron chi connectivity index (χ4n) is 4.94. The molecule has 2 aliphatic rings. The van der Waals surface area contributed by atoms with E-state index in [1.807, 2.05) is 18.2 Å². The van der Waals surface area contributed by atoms with Gasteiger partial charge in [-0.2, -0.15) is 0 Å². The molecule has 188 valence electrons. The average Bonchev–Trinajstić information content (AvgIpc) is 3.50. The first-order valence-electron chi connectivity index (χ1n) is 12.0. The van der Waals surface area contributed by atoms with E-state index in [4.69, 9.17) is 14.0 Å². The zero-order valence-electron chi connectivity index (χ0n) is 20.3. The number of carbonyl (C=O) groups excluding carboxylic acids is 2. The molecule has 36 heavy (non-hydrogen) atoms. The molecular formula is C27H28FN3O5. The first-order valence-corrected chi connectivity index (χ1v) is 12.0. The summed E-state index contributed by atoms with van der Waals surface area (Å²) in [4.78, 5) is 29.6. The molecule has 1 unspecified atom stereocenters. The molecule has 0 aliphatic carbocycles. The van der Waals surface area contributed by atoms with Crippen LogP contribution in [0.5, 0.6) is 11.5 Å². The van der Waals surface area contributed by atoms with Gasteiger partial charge in [-0.3, -0.25) is 9.59 Å². The van der Waals surface area contributed by atoms with Gasteiger partial charge in [-0.05, 0) is 48.4 Å². The number of benzene rings is 2. The van der Waals surface area contributed by atoms with Crippen LogP contribution < -0.4 is 9.47 Å². The summed E-state index contributed by atoms with van der Waals surface area (Å²) in [7, 11) is 3.18. The molecule has 2 aromatic carbocycles. The molecule has 0 radical (unpaired) electrons. The highest BCUT2D eigenvalue weighted by molar-refractivity contribution is 5.89. The number of methoxy groups -OCH3 is 2. The number of hydrogen-bond donors (Lipinski definition) is 0. The van der Waals surface area contributed by atoms with E-state index in [2.05, 4.69) is 5.16 Å². The SMILES string of the molecule is COc1ccc(CCN2CC(C(=O)N3CCc4noc(-c5ccc(F)cc5)c4C3)CC2=O)cc1OC. The molecule has 0 spiro atoms. The van der Waals surface area contributed by atoms with E-state index in [1.54, 1.807) is 36.2 Å². The highest BCUT2D eigenvalue weighted by atomic mass is 19.1. The number of amides is 2. The minimum atomic E-state index is -0.376. The molecule has 0 N–H and O–H groups in total. The van der Waals surface area contributed by atoms with Crippen molar-refractivity contribution in [3.8, 4) is 22.8 Å². The second-order valence-electron chi connectivity index (χ2n) is 9.13. The van der Waals surface area contributed by atoms with Crippen LogP contribution in [0.4, 0.5) is 4.39 Å². The van der Waals surface area contributed by atoms with Gasteiger partial charge in [0.25, 0.3) is 0 Å². The number of aromatic nitrogens is 1. The summed E-state index contributed by atoms with van der Waals surface area (Å²) in [5.41, 5.74) is 3.41. The third-order valence-corrected chi connectivity index (χ3v) is 6.94. The second kappa shape index (κ2) is 10.0. The standard InChI is InChI=1S/C27H28FN3O5/c1-34-23-8-3-17(13-24(23)35-2)9-11-30-15-19(14-25(30)32)27(33)31-12-10-22-21(16-31)26(36-29-22)18-4-6-20(28)7-5-18/h3-8,13,19H,9-12,14-16H2,1-2H3. The van der Waals surface area contributed by atoms with Crippen molar-refractivity contribution in [3.05, 3.63) is 65.1 Å². The van der Waals surface area contributed by atoms with Gasteiger partial charge < -0.3 is 23.8 Å². The summed E-state index contributed by atoms with van der Waals surface area (Å²) in [5, 5.41) is 4.16. The maximum absolute atomic E-state index is 13.4. The molecule has 0 saturated carbocycles. The minimum absolute atomic E-state index is 0.0106. The van der Waals surface area contributed by atoms with Crippen molar-refractivity contribution >= 4 is 11.8 Å². The Labute approximate surface area is 208 Å². The number of carbonyl (C=O) groups is 2. The fourth-order valence-corrected chi connectivity index (χ4v) is 4.94. The van der Waals surface area contributed by atoms with E-state index in [0.29, 0.717) is 56.3 Å². The molecule has 3 aromatic rings. The maximum Gasteiger partial charge on any atom is 0.228 e. The van der Waals surface area contributed by atoms with E-state index in [-0.39, 0.29) is 30.0 Å². The summed E-state index contributed by atoms with van der Waals surface area (Å²) in [5.74, 6) is 1.11. The number of hydrogen-bond acceptors (Lipinski definition) is 6. The third kappa shape index (κ3) is 4.65.